The van der Waals surface area contributed by atoms with E-state index in [0.717, 1.165) is 40.2 Å². The molecule has 0 bridgehead atoms. The highest BCUT2D eigenvalue weighted by atomic mass is 35.5. The molecule has 1 aliphatic heterocycles. The second-order valence-electron chi connectivity index (χ2n) is 21.9. The molecule has 3 aromatic carbocycles. The lowest BCUT2D eigenvalue weighted by Gasteiger charge is -2.63. The van der Waals surface area contributed by atoms with Crippen molar-refractivity contribution in [1.82, 2.24) is 25.8 Å². The standard InChI is InChI=1S/C56H72ClN7O8S/c1-33(2)51(69)71-42-28-44(49(67)61-34(3)36-15-17-37(18-16-36)46-35(4)60-32-73-46)64(30-42)50(68)47(54(5,6)7)62-45(65)31-70-26-14-12-13-25-59-40-22-19-38(20-23-40)48(66)63-52-55(8,9)53(56(52,10)11)72-41-24-21-39(29-58)43(57)27-41/h15-24,27,32-34,42,44,47,52-53,59H,12-14,25-26,28,30-31H2,1-11H3,(H,61,67)(H,62,65)(H,63,66)/t34-,42+,44?,47?,52-,53-/m0/s1. The number of anilines is 1. The van der Waals surface area contributed by atoms with Crippen LogP contribution in [0.1, 0.15) is 128 Å². The molecular formula is C56H72ClN7O8S. The second kappa shape index (κ2) is 23.9. The number of benzene rings is 3. The van der Waals surface area contributed by atoms with Crippen molar-refractivity contribution in [3.63, 3.8) is 0 Å². The molecular weight excluding hydrogens is 966 g/mol. The summed E-state index contributed by atoms with van der Waals surface area (Å²) in [6.45, 7) is 21.9. The number of likely N-dealkylation sites (tertiary alicyclic amines) is 1. The van der Waals surface area contributed by atoms with Gasteiger partial charge >= 0.3 is 5.97 Å². The third-order valence-corrected chi connectivity index (χ3v) is 15.2. The first-order valence-corrected chi connectivity index (χ1v) is 26.4. The van der Waals surface area contributed by atoms with Crippen LogP contribution in [-0.4, -0.2) is 96.1 Å². The highest BCUT2D eigenvalue weighted by molar-refractivity contribution is 7.13. The summed E-state index contributed by atoms with van der Waals surface area (Å²) >= 11 is 7.82. The van der Waals surface area contributed by atoms with Crippen molar-refractivity contribution in [2.45, 2.75) is 138 Å². The summed E-state index contributed by atoms with van der Waals surface area (Å²) in [5, 5.41) is 22.1. The van der Waals surface area contributed by atoms with Gasteiger partial charge in [0.2, 0.25) is 17.7 Å². The Labute approximate surface area is 439 Å². The summed E-state index contributed by atoms with van der Waals surface area (Å²) in [4.78, 5) is 74.7. The van der Waals surface area contributed by atoms with Crippen molar-refractivity contribution in [2.24, 2.45) is 22.2 Å². The lowest BCUT2D eigenvalue weighted by atomic mass is 9.49. The molecule has 2 unspecified atom stereocenters. The number of amides is 4. The van der Waals surface area contributed by atoms with E-state index in [1.54, 1.807) is 55.5 Å². The smallest absolute Gasteiger partial charge is 0.308 e. The van der Waals surface area contributed by atoms with Gasteiger partial charge in [0.1, 0.15) is 42.7 Å². The van der Waals surface area contributed by atoms with Crippen LogP contribution in [0.4, 0.5) is 5.69 Å². The van der Waals surface area contributed by atoms with Gasteiger partial charge in [-0.1, -0.05) is 98.2 Å². The molecule has 17 heteroatoms. The summed E-state index contributed by atoms with van der Waals surface area (Å²) in [5.41, 5.74) is 5.00. The fourth-order valence-corrected chi connectivity index (χ4v) is 11.1. The van der Waals surface area contributed by atoms with Crippen molar-refractivity contribution in [1.29, 1.82) is 5.26 Å². The van der Waals surface area contributed by atoms with Crippen LogP contribution in [0, 0.1) is 40.4 Å². The number of aryl methyl sites for hydroxylation is 1. The van der Waals surface area contributed by atoms with Crippen LogP contribution in [-0.2, 0) is 28.7 Å². The van der Waals surface area contributed by atoms with E-state index >= 15 is 0 Å². The van der Waals surface area contributed by atoms with E-state index < -0.39 is 41.4 Å². The molecule has 1 saturated heterocycles. The largest absolute Gasteiger partial charge is 0.489 e. The first-order chi connectivity index (χ1) is 34.4. The predicted molar refractivity (Wildman–Crippen MR) is 284 cm³/mol. The molecule has 0 radical (unpaired) electrons. The molecule has 0 spiro atoms. The average Bonchev–Trinajstić information content (AvgIpc) is 3.98. The van der Waals surface area contributed by atoms with Crippen LogP contribution in [0.15, 0.2) is 72.2 Å². The number of nitriles is 1. The number of thiazole rings is 1. The first-order valence-electron chi connectivity index (χ1n) is 25.1. The van der Waals surface area contributed by atoms with E-state index in [-0.39, 0.29) is 66.3 Å². The van der Waals surface area contributed by atoms with Crippen LogP contribution in [0.3, 0.4) is 0 Å². The molecule has 2 heterocycles. The SMILES string of the molecule is Cc1ncsc1-c1ccc([C@H](C)NC(=O)C2C[C@@H](OC(=O)C(C)C)CN2C(=O)C(NC(=O)COCCCCCNc2ccc(C(=O)N[C@H]3C(C)(C)[C@H](Oc4ccc(C#N)c(Cl)c4)C3(C)C)cc2)C(C)(C)C)cc1. The molecule has 1 aromatic heterocycles. The van der Waals surface area contributed by atoms with Crippen molar-refractivity contribution in [2.75, 3.05) is 31.6 Å². The molecule has 392 valence electrons. The fraction of sp³-hybridized carbons (Fsp3) is 0.518. The Kier molecular flexibility index (Phi) is 18.4. The number of nitrogens with one attached hydrogen (secondary N) is 4. The molecule has 1 saturated carbocycles. The van der Waals surface area contributed by atoms with Gasteiger partial charge in [0.25, 0.3) is 5.91 Å². The lowest BCUT2D eigenvalue weighted by Crippen LogP contribution is -2.74. The van der Waals surface area contributed by atoms with Gasteiger partial charge in [0, 0.05) is 53.8 Å². The molecule has 6 rings (SSSR count). The van der Waals surface area contributed by atoms with Gasteiger partial charge in [-0.05, 0) is 86.1 Å². The number of hydrogen-bond acceptors (Lipinski definition) is 12. The zero-order chi connectivity index (χ0) is 53.4. The quantitative estimate of drug-likeness (QED) is 0.0458. The number of rotatable bonds is 21. The Morgan fingerprint density at radius 2 is 1.62 bits per heavy atom. The van der Waals surface area contributed by atoms with Gasteiger partial charge in [0.15, 0.2) is 0 Å². The van der Waals surface area contributed by atoms with Crippen molar-refractivity contribution in [3.8, 4) is 22.3 Å². The Bertz CT molecular complexity index is 2620. The number of nitrogens with zero attached hydrogens (tertiary/aromatic N) is 3. The van der Waals surface area contributed by atoms with E-state index in [0.29, 0.717) is 41.5 Å². The number of carbonyl (C=O) groups is 5. The van der Waals surface area contributed by atoms with Gasteiger partial charge in [-0.2, -0.15) is 5.26 Å². The van der Waals surface area contributed by atoms with Crippen LogP contribution in [0.2, 0.25) is 5.02 Å². The Morgan fingerprint density at radius 1 is 0.932 bits per heavy atom. The maximum Gasteiger partial charge on any atom is 0.308 e. The highest BCUT2D eigenvalue weighted by Crippen LogP contribution is 2.55. The van der Waals surface area contributed by atoms with E-state index in [1.807, 2.05) is 76.5 Å². The summed E-state index contributed by atoms with van der Waals surface area (Å²) in [6, 6.07) is 19.9. The maximum absolute atomic E-state index is 14.4. The minimum Gasteiger partial charge on any atom is -0.489 e. The monoisotopic (exact) mass is 1040 g/mol. The number of hydrogen-bond donors (Lipinski definition) is 4. The zero-order valence-electron chi connectivity index (χ0n) is 44.0. The minimum absolute atomic E-state index is 0.0128. The van der Waals surface area contributed by atoms with Gasteiger partial charge in [-0.3, -0.25) is 24.0 Å². The third kappa shape index (κ3) is 13.8. The number of ether oxygens (including phenoxy) is 3. The van der Waals surface area contributed by atoms with Crippen LogP contribution < -0.4 is 26.0 Å². The molecule has 4 amide bonds. The third-order valence-electron chi connectivity index (χ3n) is 13.9. The van der Waals surface area contributed by atoms with Crippen LogP contribution >= 0.6 is 22.9 Å². The minimum atomic E-state index is -0.995. The van der Waals surface area contributed by atoms with E-state index in [9.17, 15) is 29.2 Å². The normalized spacial score (nSPS) is 19.7. The molecule has 2 fully saturated rings. The van der Waals surface area contributed by atoms with Gasteiger partial charge in [-0.25, -0.2) is 4.98 Å². The zero-order valence-corrected chi connectivity index (χ0v) is 45.6. The number of halogens is 1. The maximum atomic E-state index is 14.4. The molecule has 15 nitrogen and oxygen atoms in total. The molecule has 1 aliphatic carbocycles. The van der Waals surface area contributed by atoms with Crippen LogP contribution in [0.25, 0.3) is 10.4 Å². The molecule has 2 aliphatic rings. The van der Waals surface area contributed by atoms with Crippen molar-refractivity contribution in [3.05, 3.63) is 99.6 Å². The number of esters is 1. The molecule has 4 atom stereocenters. The Hall–Kier alpha value is -6.02. The number of aromatic nitrogens is 1. The van der Waals surface area contributed by atoms with E-state index in [4.69, 9.17) is 25.8 Å². The van der Waals surface area contributed by atoms with Crippen molar-refractivity contribution >= 4 is 58.2 Å². The predicted octanol–water partition coefficient (Wildman–Crippen LogP) is 9.43. The second-order valence-corrected chi connectivity index (χ2v) is 23.1. The Balaban J connectivity index is 0.930. The molecule has 4 aromatic rings. The van der Waals surface area contributed by atoms with Gasteiger partial charge < -0.3 is 40.4 Å². The summed E-state index contributed by atoms with van der Waals surface area (Å²) < 4.78 is 17.9. The molecule has 4 N–H and O–H groups in total. The Morgan fingerprint density at radius 3 is 2.22 bits per heavy atom. The van der Waals surface area contributed by atoms with Gasteiger partial charge in [0.05, 0.1) is 45.2 Å². The summed E-state index contributed by atoms with van der Waals surface area (Å²) in [5.74, 6) is -1.67. The average molecular weight is 1040 g/mol. The number of carbonyl (C=O) groups excluding carboxylic acids is 5. The molecule has 73 heavy (non-hydrogen) atoms. The number of unbranched alkanes of at least 4 members (excludes halogenated alkanes) is 2. The lowest BCUT2D eigenvalue weighted by molar-refractivity contribution is -0.164. The van der Waals surface area contributed by atoms with Gasteiger partial charge in [-0.15, -0.1) is 11.3 Å². The fourth-order valence-electron chi connectivity index (χ4n) is 10.0. The summed E-state index contributed by atoms with van der Waals surface area (Å²) in [6.07, 6.45) is 1.62. The van der Waals surface area contributed by atoms with E-state index in [2.05, 4.69) is 60.0 Å². The van der Waals surface area contributed by atoms with Crippen molar-refractivity contribution < 1.29 is 38.2 Å². The van der Waals surface area contributed by atoms with E-state index in [1.165, 1.54) is 4.90 Å². The summed E-state index contributed by atoms with van der Waals surface area (Å²) in [7, 11) is 0. The highest BCUT2D eigenvalue weighted by Gasteiger charge is 2.64. The first kappa shape index (κ1) is 56.3. The van der Waals surface area contributed by atoms with Crippen LogP contribution in [0.5, 0.6) is 5.75 Å². The topological polar surface area (TPSA) is 201 Å².